The first-order valence-corrected chi connectivity index (χ1v) is 40.1. The van der Waals surface area contributed by atoms with Crippen molar-refractivity contribution in [3.63, 3.8) is 0 Å². The molecule has 0 unspecified atom stereocenters. The van der Waals surface area contributed by atoms with Gasteiger partial charge in [-0.3, -0.25) is 23.7 Å². The molecule has 10 heterocycles. The Morgan fingerprint density at radius 1 is 0.538 bits per heavy atom. The highest BCUT2D eigenvalue weighted by atomic mass is 32.2. The molecule has 0 saturated carbocycles. The summed E-state index contributed by atoms with van der Waals surface area (Å²) in [6.07, 6.45) is 24.9. The van der Waals surface area contributed by atoms with Crippen LogP contribution in [0, 0.1) is 0 Å². The van der Waals surface area contributed by atoms with Gasteiger partial charge in [-0.25, -0.2) is 4.98 Å². The van der Waals surface area contributed by atoms with E-state index in [1.165, 1.54) is 25.0 Å². The van der Waals surface area contributed by atoms with E-state index in [4.69, 9.17) is 41.4 Å². The molecular formula is C76H110N20O7S. The van der Waals surface area contributed by atoms with E-state index in [0.717, 1.165) is 165 Å². The fraction of sp³-hybridized carbons (Fsp3) is 0.618. The molecule has 0 bridgehead atoms. The van der Waals surface area contributed by atoms with Crippen LogP contribution in [-0.4, -0.2) is 194 Å². The van der Waals surface area contributed by atoms with Crippen LogP contribution in [-0.2, 0) is 25.1 Å². The van der Waals surface area contributed by atoms with Gasteiger partial charge in [0.05, 0.1) is 10.6 Å². The summed E-state index contributed by atoms with van der Waals surface area (Å²) in [4.78, 5) is 106. The first-order valence-electron chi connectivity index (χ1n) is 38.7. The number of unbranched alkanes of at least 4 members (excludes halogenated alkanes) is 4. The number of carbonyl (C=O) groups is 4. The molecule has 7 aliphatic heterocycles. The van der Waals surface area contributed by atoms with Gasteiger partial charge in [0.15, 0.2) is 0 Å². The van der Waals surface area contributed by atoms with Crippen molar-refractivity contribution in [2.24, 2.45) is 11.5 Å². The second kappa shape index (κ2) is 34.7. The molecule has 27 nitrogen and oxygen atoms in total. The first-order chi connectivity index (χ1) is 50.3. The SMILES string of the molecule is C/C=C/C=C1/N(CCC)c2c(cc(-c3cc(C(=O)NCCCCCC(=O)NC4CCN(c5nc(N6CCCCC6)nc(N6CCC(N)CC6)n5)CC4)nc(C(=O)NCCCCCC(=O)NC4CCN(c5nc(N6CCCCC6)nc(N6CCC(N)CC6)n5)CC4)c3)c3ccc(S(=O)(=O)O)cc23)C1(C)C. The number of fused-ring (bicyclic) bond motifs is 3. The van der Waals surface area contributed by atoms with Crippen molar-refractivity contribution in [1.29, 1.82) is 0 Å². The van der Waals surface area contributed by atoms with Gasteiger partial charge >= 0.3 is 0 Å². The molecule has 6 saturated heterocycles. The molecule has 0 atom stereocenters. The maximum Gasteiger partial charge on any atom is 0.294 e. The Labute approximate surface area is 613 Å². The van der Waals surface area contributed by atoms with Gasteiger partial charge in [0.2, 0.25) is 47.5 Å². The molecule has 7 aliphatic rings. The van der Waals surface area contributed by atoms with Crippen molar-refractivity contribution in [3.05, 3.63) is 77.3 Å². The topological polar surface area (TPSA) is 336 Å². The Morgan fingerprint density at radius 3 is 1.36 bits per heavy atom. The summed E-state index contributed by atoms with van der Waals surface area (Å²) in [5.41, 5.74) is 15.8. The van der Waals surface area contributed by atoms with Gasteiger partial charge in [-0.05, 0) is 187 Å². The molecule has 0 aliphatic carbocycles. The van der Waals surface area contributed by atoms with Crippen molar-refractivity contribution >= 4 is 85.9 Å². The number of aromatic nitrogens is 7. The standard InChI is InChI=1S/C76H110N20O7S/c1-5-7-20-64-76(3,4)61-51-59(58-24-23-57(104(101,102)103)50-60(58)67(61)96(64)35-6-2)52-48-62(68(99)79-33-14-8-12-21-65(97)81-55-29-44-94(45-30-55)74-86-70(90-36-16-10-17-37-90)84-72(88-74)92-40-25-53(77)26-41-92)83-63(49-52)69(100)80-34-15-9-13-22-66(98)82-56-31-46-95(47-32-56)75-87-71(91-38-18-11-19-39-91)85-73(89-75)93-42-27-54(78)28-43-93/h5,7,20,23-24,48-51,53-56H,6,8-19,21-22,25-47,77-78H2,1-4H3,(H,79,99)(H,80,100)(H,81,97)(H,82,98)(H,101,102,103)/b7-5+,64-20+. The summed E-state index contributed by atoms with van der Waals surface area (Å²) in [7, 11) is -4.62. The molecule has 104 heavy (non-hydrogen) atoms. The zero-order valence-corrected chi connectivity index (χ0v) is 62.4. The number of rotatable bonds is 27. The average Bonchev–Trinajstić information content (AvgIpc) is 1.61. The molecule has 4 amide bonds. The number of hydrogen-bond donors (Lipinski definition) is 7. The maximum atomic E-state index is 14.4. The van der Waals surface area contributed by atoms with Crippen LogP contribution >= 0.6 is 0 Å². The lowest BCUT2D eigenvalue weighted by Gasteiger charge is -2.35. The molecular weight excluding hydrogens is 1340 g/mol. The van der Waals surface area contributed by atoms with Crippen LogP contribution in [0.25, 0.3) is 21.9 Å². The third-order valence-electron chi connectivity index (χ3n) is 21.9. The van der Waals surface area contributed by atoms with E-state index in [1.807, 2.05) is 19.1 Å². The number of nitrogens with one attached hydrogen (secondary N) is 4. The Kier molecular flexibility index (Phi) is 25.2. The minimum Gasteiger partial charge on any atom is -0.353 e. The Balaban J connectivity index is 0.663. The minimum absolute atomic E-state index is 0.00342. The molecule has 2 aromatic carbocycles. The Bertz CT molecular complexity index is 3840. The number of hydrogen-bond acceptors (Lipinski definition) is 22. The number of allylic oxidation sites excluding steroid dienone is 4. The minimum atomic E-state index is -4.62. The quantitative estimate of drug-likeness (QED) is 0.0191. The number of amides is 4. The molecule has 5 aromatic rings. The molecule has 12 rings (SSSR count). The molecule has 9 N–H and O–H groups in total. The number of anilines is 7. The van der Waals surface area contributed by atoms with E-state index >= 15 is 0 Å². The smallest absolute Gasteiger partial charge is 0.294 e. The Hall–Kier alpha value is -8.34. The number of nitrogens with zero attached hydrogens (tertiary/aromatic N) is 14. The van der Waals surface area contributed by atoms with Crippen LogP contribution in [0.2, 0.25) is 0 Å². The highest BCUT2D eigenvalue weighted by Crippen LogP contribution is 2.53. The third kappa shape index (κ3) is 18.6. The number of carbonyl (C=O) groups excluding carboxylic acids is 4. The van der Waals surface area contributed by atoms with Crippen LogP contribution in [0.3, 0.4) is 0 Å². The highest BCUT2D eigenvalue weighted by Gasteiger charge is 2.42. The molecule has 562 valence electrons. The van der Waals surface area contributed by atoms with Crippen molar-refractivity contribution in [3.8, 4) is 11.1 Å². The van der Waals surface area contributed by atoms with E-state index < -0.39 is 27.3 Å². The summed E-state index contributed by atoms with van der Waals surface area (Å²) in [5, 5.41) is 13.8. The monoisotopic (exact) mass is 1450 g/mol. The zero-order chi connectivity index (χ0) is 72.9. The Morgan fingerprint density at radius 2 is 0.952 bits per heavy atom. The van der Waals surface area contributed by atoms with Gasteiger partial charge in [0, 0.05) is 152 Å². The largest absolute Gasteiger partial charge is 0.353 e. The second-order valence-electron chi connectivity index (χ2n) is 30.0. The van der Waals surface area contributed by atoms with Crippen molar-refractivity contribution in [2.45, 2.75) is 210 Å². The normalized spacial score (nSPS) is 19.3. The fourth-order valence-electron chi connectivity index (χ4n) is 15.7. The summed E-state index contributed by atoms with van der Waals surface area (Å²) in [6, 6.07) is 10.4. The maximum absolute atomic E-state index is 14.4. The van der Waals surface area contributed by atoms with Gasteiger partial charge in [-0.1, -0.05) is 51.8 Å². The van der Waals surface area contributed by atoms with E-state index in [9.17, 15) is 32.1 Å². The van der Waals surface area contributed by atoms with Crippen molar-refractivity contribution < 1.29 is 32.1 Å². The fourth-order valence-corrected chi connectivity index (χ4v) is 16.2. The summed E-state index contributed by atoms with van der Waals surface area (Å²) >= 11 is 0. The third-order valence-corrected chi connectivity index (χ3v) is 22.7. The summed E-state index contributed by atoms with van der Waals surface area (Å²) in [5.74, 6) is 3.32. The molecule has 3 aromatic heterocycles. The molecule has 0 radical (unpaired) electrons. The lowest BCUT2D eigenvalue weighted by atomic mass is 9.81. The zero-order valence-electron chi connectivity index (χ0n) is 61.6. The first kappa shape index (κ1) is 75.3. The summed E-state index contributed by atoms with van der Waals surface area (Å²) < 4.78 is 36.1. The van der Waals surface area contributed by atoms with Crippen LogP contribution in [0.1, 0.15) is 202 Å². The van der Waals surface area contributed by atoms with E-state index in [1.54, 1.807) is 18.2 Å². The molecule has 28 heteroatoms. The number of pyridine rings is 1. The molecule has 0 spiro atoms. The van der Waals surface area contributed by atoms with E-state index in [0.29, 0.717) is 143 Å². The lowest BCUT2D eigenvalue weighted by Crippen LogP contribution is -2.45. The predicted molar refractivity (Wildman–Crippen MR) is 410 cm³/mol. The average molecular weight is 1450 g/mol. The van der Waals surface area contributed by atoms with Gasteiger partial charge in [-0.15, -0.1) is 0 Å². The van der Waals surface area contributed by atoms with Gasteiger partial charge < -0.3 is 67.0 Å². The van der Waals surface area contributed by atoms with Gasteiger partial charge in [-0.2, -0.15) is 38.3 Å². The highest BCUT2D eigenvalue weighted by molar-refractivity contribution is 7.85. The van der Waals surface area contributed by atoms with E-state index in [2.05, 4.69) is 93.5 Å². The lowest BCUT2D eigenvalue weighted by molar-refractivity contribution is -0.122. The van der Waals surface area contributed by atoms with Crippen molar-refractivity contribution in [1.82, 2.24) is 56.2 Å². The van der Waals surface area contributed by atoms with Gasteiger partial charge in [0.25, 0.3) is 21.9 Å². The predicted octanol–water partition coefficient (Wildman–Crippen LogP) is 8.47. The van der Waals surface area contributed by atoms with Gasteiger partial charge in [0.1, 0.15) is 11.4 Å². The molecule has 6 fully saturated rings. The number of nitrogens with two attached hydrogens (primary N) is 2. The number of benzene rings is 2. The summed E-state index contributed by atoms with van der Waals surface area (Å²) in [6.45, 7) is 19.4. The van der Waals surface area contributed by atoms with Crippen LogP contribution in [0.5, 0.6) is 0 Å². The second-order valence-corrected chi connectivity index (χ2v) is 31.4. The van der Waals surface area contributed by atoms with Crippen LogP contribution in [0.4, 0.5) is 41.4 Å². The van der Waals surface area contributed by atoms with E-state index in [-0.39, 0.29) is 52.3 Å². The van der Waals surface area contributed by atoms with Crippen molar-refractivity contribution in [2.75, 3.05) is 132 Å². The number of piperidine rings is 6. The van der Waals surface area contributed by atoms with Crippen LogP contribution in [0.15, 0.2) is 65.2 Å². The van der Waals surface area contributed by atoms with Crippen LogP contribution < -0.4 is 67.0 Å².